The predicted octanol–water partition coefficient (Wildman–Crippen LogP) is 1.46. The maximum Gasteiger partial charge on any atom is 0.203 e. The van der Waals surface area contributed by atoms with Crippen molar-refractivity contribution in [3.8, 4) is 0 Å². The SMILES string of the molecule is CNc1nc2ccccc2n1CC(C)O. The first kappa shape index (κ1) is 9.98. The Hall–Kier alpha value is -1.55. The largest absolute Gasteiger partial charge is 0.392 e. The standard InChI is InChI=1S/C11H15N3O/c1-8(15)7-14-10-6-4-3-5-9(10)13-11(14)12-2/h3-6,8,15H,7H2,1-2H3,(H,12,13). The van der Waals surface area contributed by atoms with Crippen LogP contribution in [0.2, 0.25) is 0 Å². The summed E-state index contributed by atoms with van der Waals surface area (Å²) in [5, 5.41) is 12.5. The average Bonchev–Trinajstić information content (AvgIpc) is 2.56. The molecular weight excluding hydrogens is 190 g/mol. The molecule has 0 radical (unpaired) electrons. The lowest BCUT2D eigenvalue weighted by Crippen LogP contribution is -2.13. The Labute approximate surface area is 88.6 Å². The van der Waals surface area contributed by atoms with Crippen LogP contribution in [0.15, 0.2) is 24.3 Å². The lowest BCUT2D eigenvalue weighted by Gasteiger charge is -2.10. The van der Waals surface area contributed by atoms with Gasteiger partial charge in [-0.25, -0.2) is 4.98 Å². The van der Waals surface area contributed by atoms with Gasteiger partial charge in [0.15, 0.2) is 0 Å². The van der Waals surface area contributed by atoms with Gasteiger partial charge in [0.25, 0.3) is 0 Å². The van der Waals surface area contributed by atoms with E-state index in [0.29, 0.717) is 6.54 Å². The van der Waals surface area contributed by atoms with Crippen LogP contribution < -0.4 is 5.32 Å². The number of rotatable bonds is 3. The minimum atomic E-state index is -0.380. The smallest absolute Gasteiger partial charge is 0.203 e. The molecule has 15 heavy (non-hydrogen) atoms. The zero-order valence-electron chi connectivity index (χ0n) is 8.94. The highest BCUT2D eigenvalue weighted by molar-refractivity contribution is 5.78. The van der Waals surface area contributed by atoms with Gasteiger partial charge in [-0.15, -0.1) is 0 Å². The van der Waals surface area contributed by atoms with Crippen molar-refractivity contribution < 1.29 is 5.11 Å². The van der Waals surface area contributed by atoms with Gasteiger partial charge in [-0.05, 0) is 19.1 Å². The predicted molar refractivity (Wildman–Crippen MR) is 61.0 cm³/mol. The van der Waals surface area contributed by atoms with Gasteiger partial charge < -0.3 is 15.0 Å². The minimum Gasteiger partial charge on any atom is -0.392 e. The van der Waals surface area contributed by atoms with E-state index < -0.39 is 0 Å². The van der Waals surface area contributed by atoms with Crippen LogP contribution in [0.5, 0.6) is 0 Å². The quantitative estimate of drug-likeness (QED) is 0.797. The van der Waals surface area contributed by atoms with Crippen LogP contribution in [0.4, 0.5) is 5.95 Å². The summed E-state index contributed by atoms with van der Waals surface area (Å²) in [6.45, 7) is 2.32. The molecule has 1 aromatic heterocycles. The van der Waals surface area contributed by atoms with Gasteiger partial charge in [0, 0.05) is 7.05 Å². The zero-order chi connectivity index (χ0) is 10.8. The highest BCUT2D eigenvalue weighted by Crippen LogP contribution is 2.19. The molecule has 4 heteroatoms. The van der Waals surface area contributed by atoms with Crippen molar-refractivity contribution >= 4 is 17.0 Å². The summed E-state index contributed by atoms with van der Waals surface area (Å²) in [6, 6.07) is 7.91. The van der Waals surface area contributed by atoms with E-state index in [1.54, 1.807) is 6.92 Å². The number of hydrogen-bond acceptors (Lipinski definition) is 3. The number of fused-ring (bicyclic) bond motifs is 1. The van der Waals surface area contributed by atoms with E-state index in [1.807, 2.05) is 35.9 Å². The maximum absolute atomic E-state index is 9.43. The van der Waals surface area contributed by atoms with E-state index in [9.17, 15) is 5.11 Å². The Balaban J connectivity index is 2.56. The lowest BCUT2D eigenvalue weighted by atomic mass is 10.3. The van der Waals surface area contributed by atoms with Gasteiger partial charge in [0.1, 0.15) is 0 Å². The first-order chi connectivity index (χ1) is 7.22. The third kappa shape index (κ3) is 1.80. The Morgan fingerprint density at radius 3 is 2.87 bits per heavy atom. The summed E-state index contributed by atoms with van der Waals surface area (Å²) < 4.78 is 1.99. The van der Waals surface area contributed by atoms with E-state index in [2.05, 4.69) is 10.3 Å². The molecule has 1 heterocycles. The molecular formula is C11H15N3O. The molecule has 0 saturated carbocycles. The second-order valence-corrected chi connectivity index (χ2v) is 3.63. The Morgan fingerprint density at radius 1 is 1.47 bits per heavy atom. The van der Waals surface area contributed by atoms with E-state index in [4.69, 9.17) is 0 Å². The Bertz CT molecular complexity index is 462. The number of para-hydroxylation sites is 2. The van der Waals surface area contributed by atoms with Crippen LogP contribution in [0.1, 0.15) is 6.92 Å². The van der Waals surface area contributed by atoms with E-state index in [-0.39, 0.29) is 6.10 Å². The summed E-state index contributed by atoms with van der Waals surface area (Å²) in [4.78, 5) is 4.42. The van der Waals surface area contributed by atoms with Crippen LogP contribution in [-0.2, 0) is 6.54 Å². The molecule has 0 aliphatic heterocycles. The van der Waals surface area contributed by atoms with Crippen LogP contribution in [-0.4, -0.2) is 27.8 Å². The molecule has 1 atom stereocenters. The third-order valence-corrected chi connectivity index (χ3v) is 2.32. The van der Waals surface area contributed by atoms with Crippen molar-refractivity contribution in [2.45, 2.75) is 19.6 Å². The number of benzene rings is 1. The minimum absolute atomic E-state index is 0.380. The number of anilines is 1. The van der Waals surface area contributed by atoms with E-state index in [0.717, 1.165) is 17.0 Å². The van der Waals surface area contributed by atoms with Gasteiger partial charge in [-0.3, -0.25) is 0 Å². The number of hydrogen-bond donors (Lipinski definition) is 2. The molecule has 0 fully saturated rings. The molecule has 1 aromatic carbocycles. The van der Waals surface area contributed by atoms with Crippen molar-refractivity contribution in [3.63, 3.8) is 0 Å². The Morgan fingerprint density at radius 2 is 2.20 bits per heavy atom. The molecule has 2 aromatic rings. The summed E-state index contributed by atoms with van der Waals surface area (Å²) in [6.07, 6.45) is -0.380. The summed E-state index contributed by atoms with van der Waals surface area (Å²) in [5.74, 6) is 0.789. The zero-order valence-corrected chi connectivity index (χ0v) is 8.94. The molecule has 2 N–H and O–H groups in total. The average molecular weight is 205 g/mol. The molecule has 0 spiro atoms. The molecule has 4 nitrogen and oxygen atoms in total. The number of nitrogens with one attached hydrogen (secondary N) is 1. The first-order valence-corrected chi connectivity index (χ1v) is 5.03. The first-order valence-electron chi connectivity index (χ1n) is 5.03. The highest BCUT2D eigenvalue weighted by atomic mass is 16.3. The summed E-state index contributed by atoms with van der Waals surface area (Å²) in [7, 11) is 1.83. The van der Waals surface area contributed by atoms with Crippen molar-refractivity contribution in [2.24, 2.45) is 0 Å². The number of nitrogens with zero attached hydrogens (tertiary/aromatic N) is 2. The highest BCUT2D eigenvalue weighted by Gasteiger charge is 2.10. The number of aliphatic hydroxyl groups excluding tert-OH is 1. The monoisotopic (exact) mass is 205 g/mol. The molecule has 0 amide bonds. The number of aromatic nitrogens is 2. The van der Waals surface area contributed by atoms with Crippen LogP contribution in [0.3, 0.4) is 0 Å². The molecule has 0 aliphatic carbocycles. The number of imidazole rings is 1. The van der Waals surface area contributed by atoms with Crippen LogP contribution in [0, 0.1) is 0 Å². The van der Waals surface area contributed by atoms with E-state index in [1.165, 1.54) is 0 Å². The number of aliphatic hydroxyl groups is 1. The maximum atomic E-state index is 9.43. The lowest BCUT2D eigenvalue weighted by molar-refractivity contribution is 0.175. The molecule has 0 bridgehead atoms. The second kappa shape index (κ2) is 3.90. The topological polar surface area (TPSA) is 50.1 Å². The Kier molecular flexibility index (Phi) is 2.60. The fourth-order valence-corrected chi connectivity index (χ4v) is 1.72. The van der Waals surface area contributed by atoms with Gasteiger partial charge in [0.2, 0.25) is 5.95 Å². The van der Waals surface area contributed by atoms with E-state index >= 15 is 0 Å². The van der Waals surface area contributed by atoms with Gasteiger partial charge in [-0.2, -0.15) is 0 Å². The second-order valence-electron chi connectivity index (χ2n) is 3.63. The van der Waals surface area contributed by atoms with Crippen LogP contribution >= 0.6 is 0 Å². The van der Waals surface area contributed by atoms with Crippen molar-refractivity contribution in [1.29, 1.82) is 0 Å². The summed E-state index contributed by atoms with van der Waals surface area (Å²) >= 11 is 0. The van der Waals surface area contributed by atoms with Gasteiger partial charge >= 0.3 is 0 Å². The van der Waals surface area contributed by atoms with Crippen molar-refractivity contribution in [3.05, 3.63) is 24.3 Å². The van der Waals surface area contributed by atoms with Crippen molar-refractivity contribution in [2.75, 3.05) is 12.4 Å². The molecule has 1 unspecified atom stereocenters. The molecule has 2 rings (SSSR count). The van der Waals surface area contributed by atoms with Crippen molar-refractivity contribution in [1.82, 2.24) is 9.55 Å². The molecule has 0 aliphatic rings. The molecule has 0 saturated heterocycles. The fourth-order valence-electron chi connectivity index (χ4n) is 1.72. The molecule has 80 valence electrons. The van der Waals surface area contributed by atoms with Crippen LogP contribution in [0.25, 0.3) is 11.0 Å². The fraction of sp³-hybridized carbons (Fsp3) is 0.364. The third-order valence-electron chi connectivity index (χ3n) is 2.32. The summed E-state index contributed by atoms with van der Waals surface area (Å²) in [5.41, 5.74) is 1.99. The normalized spacial score (nSPS) is 13.0. The van der Waals surface area contributed by atoms with Gasteiger partial charge in [0.05, 0.1) is 23.7 Å². The van der Waals surface area contributed by atoms with Gasteiger partial charge in [-0.1, -0.05) is 12.1 Å².